The molecule has 2 N–H and O–H groups in total. The molecule has 0 saturated carbocycles. The molecule has 156 valence electrons. The highest BCUT2D eigenvalue weighted by atomic mass is 16.1. The monoisotopic (exact) mass is 411 g/mol. The molecule has 2 aliphatic carbocycles. The number of hydrogen-bond donors (Lipinski definition) is 2. The van der Waals surface area contributed by atoms with Gasteiger partial charge >= 0.3 is 0 Å². The Hall–Kier alpha value is -3.41. The summed E-state index contributed by atoms with van der Waals surface area (Å²) in [4.78, 5) is 22.0. The highest BCUT2D eigenvalue weighted by molar-refractivity contribution is 5.70. The van der Waals surface area contributed by atoms with E-state index in [2.05, 4.69) is 45.5 Å². The topological polar surface area (TPSA) is 75.1 Å². The average Bonchev–Trinajstić information content (AvgIpc) is 3.48. The highest BCUT2D eigenvalue weighted by Gasteiger charge is 2.24. The first-order valence-electron chi connectivity index (χ1n) is 11.1. The van der Waals surface area contributed by atoms with Gasteiger partial charge in [0, 0.05) is 18.2 Å². The minimum atomic E-state index is -0.141. The molecule has 6 rings (SSSR count). The van der Waals surface area contributed by atoms with Crippen LogP contribution in [0.5, 0.6) is 0 Å². The van der Waals surface area contributed by atoms with Crippen LogP contribution in [0.1, 0.15) is 51.9 Å². The normalized spacial score (nSPS) is 14.7. The van der Waals surface area contributed by atoms with Crippen molar-refractivity contribution in [2.24, 2.45) is 0 Å². The maximum absolute atomic E-state index is 12.7. The number of rotatable bonds is 4. The van der Waals surface area contributed by atoms with Gasteiger partial charge in [-0.25, -0.2) is 4.98 Å². The molecule has 0 aliphatic heterocycles. The zero-order valence-corrected chi connectivity index (χ0v) is 17.7. The number of benzene rings is 2. The van der Waals surface area contributed by atoms with Crippen LogP contribution in [0.15, 0.2) is 41.2 Å². The van der Waals surface area contributed by atoms with E-state index in [9.17, 15) is 4.79 Å². The van der Waals surface area contributed by atoms with Crippen molar-refractivity contribution < 1.29 is 0 Å². The van der Waals surface area contributed by atoms with Gasteiger partial charge in [-0.05, 0) is 78.8 Å². The zero-order valence-electron chi connectivity index (χ0n) is 17.7. The summed E-state index contributed by atoms with van der Waals surface area (Å²) in [6.45, 7) is 2.08. The Morgan fingerprint density at radius 2 is 1.74 bits per heavy atom. The fourth-order valence-electron chi connectivity index (χ4n) is 5.16. The number of fused-ring (bicyclic) bond motifs is 3. The molecular formula is C25H25N5O. The largest absolute Gasteiger partial charge is 0.324 e. The van der Waals surface area contributed by atoms with Crippen LogP contribution >= 0.6 is 0 Å². The Morgan fingerprint density at radius 3 is 2.48 bits per heavy atom. The third-order valence-electron chi connectivity index (χ3n) is 6.73. The number of nitrogens with one attached hydrogen (secondary N) is 2. The van der Waals surface area contributed by atoms with E-state index in [-0.39, 0.29) is 5.56 Å². The minimum Gasteiger partial charge on any atom is -0.324 e. The first-order chi connectivity index (χ1) is 15.2. The molecule has 31 heavy (non-hydrogen) atoms. The van der Waals surface area contributed by atoms with E-state index in [4.69, 9.17) is 0 Å². The Labute approximate surface area is 180 Å². The van der Waals surface area contributed by atoms with Crippen molar-refractivity contribution in [3.05, 3.63) is 85.8 Å². The SMILES string of the molecule is Cc1ccccc1Cc1cc(=O)n2[nH]c(Nc3c4c(cc5c3CCC5)CCC4)nc2n1. The van der Waals surface area contributed by atoms with Gasteiger partial charge in [-0.15, -0.1) is 0 Å². The number of aromatic nitrogens is 4. The minimum absolute atomic E-state index is 0.141. The fourth-order valence-corrected chi connectivity index (χ4v) is 5.16. The predicted molar refractivity (Wildman–Crippen MR) is 121 cm³/mol. The lowest BCUT2D eigenvalue weighted by Gasteiger charge is -2.15. The lowest BCUT2D eigenvalue weighted by atomic mass is 9.99. The standard InChI is InChI=1S/C25H25N5O/c1-15-6-2-3-7-16(15)13-19-14-22(31)30-25(26-19)28-24(29-30)27-23-20-10-4-8-17(20)12-18-9-5-11-21(18)23/h2-3,6-7,12,14H,4-5,8-11,13H2,1H3,(H2,26,27,28,29). The van der Waals surface area contributed by atoms with Gasteiger partial charge in [-0.3, -0.25) is 9.89 Å². The molecular weight excluding hydrogens is 386 g/mol. The van der Waals surface area contributed by atoms with Gasteiger partial charge in [0.2, 0.25) is 5.95 Å². The lowest BCUT2D eigenvalue weighted by molar-refractivity contribution is 0.880. The maximum atomic E-state index is 12.7. The second-order valence-corrected chi connectivity index (χ2v) is 8.76. The van der Waals surface area contributed by atoms with Crippen LogP contribution in [-0.4, -0.2) is 19.6 Å². The molecule has 0 spiro atoms. The Morgan fingerprint density at radius 1 is 1.00 bits per heavy atom. The number of aryl methyl sites for hydroxylation is 3. The molecule has 0 unspecified atom stereocenters. The van der Waals surface area contributed by atoms with E-state index in [0.717, 1.165) is 31.4 Å². The number of hydrogen-bond acceptors (Lipinski definition) is 4. The molecule has 0 fully saturated rings. The van der Waals surface area contributed by atoms with Crippen LogP contribution in [0.25, 0.3) is 5.78 Å². The number of H-pyrrole nitrogens is 1. The molecule has 0 amide bonds. The van der Waals surface area contributed by atoms with Crippen LogP contribution in [-0.2, 0) is 32.1 Å². The van der Waals surface area contributed by atoms with E-state index in [0.29, 0.717) is 18.1 Å². The highest BCUT2D eigenvalue weighted by Crippen LogP contribution is 2.39. The van der Waals surface area contributed by atoms with Crippen molar-refractivity contribution in [2.75, 3.05) is 5.32 Å². The first kappa shape index (κ1) is 18.4. The molecule has 0 atom stereocenters. The average molecular weight is 412 g/mol. The van der Waals surface area contributed by atoms with Crippen molar-refractivity contribution >= 4 is 17.4 Å². The first-order valence-corrected chi connectivity index (χ1v) is 11.1. The summed E-state index contributed by atoms with van der Waals surface area (Å²) in [5.74, 6) is 0.981. The molecule has 6 heteroatoms. The van der Waals surface area contributed by atoms with E-state index < -0.39 is 0 Å². The predicted octanol–water partition coefficient (Wildman–Crippen LogP) is 4.04. The molecule has 0 bridgehead atoms. The summed E-state index contributed by atoms with van der Waals surface area (Å²) in [5, 5.41) is 6.65. The van der Waals surface area contributed by atoms with E-state index >= 15 is 0 Å². The summed E-state index contributed by atoms with van der Waals surface area (Å²) in [7, 11) is 0. The second-order valence-electron chi connectivity index (χ2n) is 8.76. The van der Waals surface area contributed by atoms with Crippen molar-refractivity contribution in [3.63, 3.8) is 0 Å². The maximum Gasteiger partial charge on any atom is 0.274 e. The third-order valence-corrected chi connectivity index (χ3v) is 6.73. The molecule has 6 nitrogen and oxygen atoms in total. The summed E-state index contributed by atoms with van der Waals surface area (Å²) < 4.78 is 1.42. The number of anilines is 2. The van der Waals surface area contributed by atoms with Crippen molar-refractivity contribution in [2.45, 2.75) is 51.9 Å². The van der Waals surface area contributed by atoms with Crippen LogP contribution in [0.4, 0.5) is 11.6 Å². The Balaban J connectivity index is 1.38. The van der Waals surface area contributed by atoms with Crippen LogP contribution < -0.4 is 10.9 Å². The smallest absolute Gasteiger partial charge is 0.274 e. The van der Waals surface area contributed by atoms with Crippen molar-refractivity contribution in [1.82, 2.24) is 19.6 Å². The van der Waals surface area contributed by atoms with E-state index in [1.54, 1.807) is 6.07 Å². The van der Waals surface area contributed by atoms with Gasteiger partial charge in [0.15, 0.2) is 0 Å². The van der Waals surface area contributed by atoms with Crippen LogP contribution in [0, 0.1) is 6.92 Å². The Bertz CT molecular complexity index is 1350. The van der Waals surface area contributed by atoms with E-state index in [1.807, 2.05) is 12.1 Å². The van der Waals surface area contributed by atoms with Crippen LogP contribution in [0.3, 0.4) is 0 Å². The van der Waals surface area contributed by atoms with Gasteiger partial charge in [0.1, 0.15) is 0 Å². The summed E-state index contributed by atoms with van der Waals surface area (Å²) in [6.07, 6.45) is 7.54. The van der Waals surface area contributed by atoms with Gasteiger partial charge < -0.3 is 5.32 Å². The molecule has 2 aliphatic rings. The molecule has 2 heterocycles. The van der Waals surface area contributed by atoms with Crippen LogP contribution in [0.2, 0.25) is 0 Å². The number of aromatic amines is 1. The Kier molecular flexibility index (Phi) is 4.19. The lowest BCUT2D eigenvalue weighted by Crippen LogP contribution is -2.16. The molecule has 2 aromatic heterocycles. The molecule has 4 aromatic rings. The summed E-state index contributed by atoms with van der Waals surface area (Å²) in [5.41, 5.74) is 9.93. The third kappa shape index (κ3) is 3.14. The van der Waals surface area contributed by atoms with Gasteiger partial charge in [0.25, 0.3) is 11.3 Å². The van der Waals surface area contributed by atoms with Gasteiger partial charge in [-0.1, -0.05) is 30.3 Å². The molecule has 2 aromatic carbocycles. The van der Waals surface area contributed by atoms with Gasteiger partial charge in [-0.2, -0.15) is 9.50 Å². The molecule has 0 radical (unpaired) electrons. The fraction of sp³-hybridized carbons (Fsp3) is 0.320. The second kappa shape index (κ2) is 7.08. The number of nitrogens with zero attached hydrogens (tertiary/aromatic N) is 3. The zero-order chi connectivity index (χ0) is 20.9. The molecule has 0 saturated heterocycles. The van der Waals surface area contributed by atoms with Gasteiger partial charge in [0.05, 0.1) is 5.69 Å². The quantitative estimate of drug-likeness (QED) is 0.532. The summed E-state index contributed by atoms with van der Waals surface area (Å²) >= 11 is 0. The van der Waals surface area contributed by atoms with Crippen molar-refractivity contribution in [1.29, 1.82) is 0 Å². The van der Waals surface area contributed by atoms with E-state index in [1.165, 1.54) is 56.4 Å². The van der Waals surface area contributed by atoms with Crippen molar-refractivity contribution in [3.8, 4) is 0 Å². The summed E-state index contributed by atoms with van der Waals surface area (Å²) in [6, 6.07) is 12.2.